The number of hydrogen-bond donors (Lipinski definition) is 2. The molecule has 0 radical (unpaired) electrons. The van der Waals surface area contributed by atoms with Crippen LogP contribution in [0.1, 0.15) is 32.7 Å². The lowest BCUT2D eigenvalue weighted by atomic mass is 10.0. The highest BCUT2D eigenvalue weighted by Gasteiger charge is 2.18. The van der Waals surface area contributed by atoms with Crippen LogP contribution < -0.4 is 10.6 Å². The van der Waals surface area contributed by atoms with E-state index in [2.05, 4.69) is 29.6 Å². The third-order valence-electron chi connectivity index (χ3n) is 3.05. The molecule has 94 valence electrons. The van der Waals surface area contributed by atoms with Crippen LogP contribution in [0.2, 0.25) is 0 Å². The summed E-state index contributed by atoms with van der Waals surface area (Å²) in [6.07, 6.45) is 5.26. The van der Waals surface area contributed by atoms with Gasteiger partial charge in [-0.25, -0.2) is 0 Å². The van der Waals surface area contributed by atoms with Crippen LogP contribution >= 0.6 is 0 Å². The first kappa shape index (κ1) is 12.1. The highest BCUT2D eigenvalue weighted by molar-refractivity contribution is 5.90. The molecular weight excluding hydrogens is 216 g/mol. The van der Waals surface area contributed by atoms with E-state index in [0.717, 1.165) is 25.2 Å². The number of hydrogen-bond acceptors (Lipinski definition) is 3. The van der Waals surface area contributed by atoms with E-state index in [-0.39, 0.29) is 5.91 Å². The number of aromatic nitrogens is 2. The number of amides is 1. The lowest BCUT2D eigenvalue weighted by molar-refractivity contribution is -0.116. The van der Waals surface area contributed by atoms with Crippen molar-refractivity contribution in [1.82, 2.24) is 15.1 Å². The van der Waals surface area contributed by atoms with Gasteiger partial charge in [0.15, 0.2) is 0 Å². The summed E-state index contributed by atoms with van der Waals surface area (Å²) < 4.78 is 1.84. The molecule has 0 aromatic carbocycles. The Morgan fingerprint density at radius 3 is 3.12 bits per heavy atom. The van der Waals surface area contributed by atoms with Gasteiger partial charge < -0.3 is 10.6 Å². The fraction of sp³-hybridized carbons (Fsp3) is 0.667. The van der Waals surface area contributed by atoms with Crippen molar-refractivity contribution in [2.75, 3.05) is 18.4 Å². The zero-order valence-electron chi connectivity index (χ0n) is 10.4. The molecule has 2 heterocycles. The summed E-state index contributed by atoms with van der Waals surface area (Å²) in [6.45, 7) is 6.10. The molecule has 2 rings (SSSR count). The van der Waals surface area contributed by atoms with Crippen LogP contribution in [0.25, 0.3) is 0 Å². The number of carbonyl (C=O) groups is 1. The summed E-state index contributed by atoms with van der Waals surface area (Å²) in [5, 5.41) is 10.3. The summed E-state index contributed by atoms with van der Waals surface area (Å²) in [6, 6.07) is 0.319. The quantitative estimate of drug-likeness (QED) is 0.831. The first-order valence-electron chi connectivity index (χ1n) is 6.20. The Balaban J connectivity index is 1.84. The van der Waals surface area contributed by atoms with Crippen LogP contribution in [0.4, 0.5) is 5.69 Å². The molecule has 1 unspecified atom stereocenters. The van der Waals surface area contributed by atoms with Crippen molar-refractivity contribution < 1.29 is 4.79 Å². The molecule has 1 aromatic rings. The van der Waals surface area contributed by atoms with Gasteiger partial charge in [0.05, 0.1) is 11.9 Å². The average molecular weight is 236 g/mol. The molecule has 0 saturated carbocycles. The van der Waals surface area contributed by atoms with E-state index in [4.69, 9.17) is 0 Å². The van der Waals surface area contributed by atoms with E-state index >= 15 is 0 Å². The largest absolute Gasteiger partial charge is 0.323 e. The Hall–Kier alpha value is -1.36. The second-order valence-corrected chi connectivity index (χ2v) is 4.91. The number of nitrogens with one attached hydrogen (secondary N) is 2. The lowest BCUT2D eigenvalue weighted by Gasteiger charge is -2.07. The molecule has 0 bridgehead atoms. The van der Waals surface area contributed by atoms with Gasteiger partial charge in [0, 0.05) is 18.7 Å². The smallest absolute Gasteiger partial charge is 0.224 e. The van der Waals surface area contributed by atoms with E-state index in [0.29, 0.717) is 18.4 Å². The van der Waals surface area contributed by atoms with Crippen LogP contribution in [0.3, 0.4) is 0 Å². The van der Waals surface area contributed by atoms with Crippen molar-refractivity contribution in [2.24, 2.45) is 5.92 Å². The van der Waals surface area contributed by atoms with Crippen molar-refractivity contribution in [3.63, 3.8) is 0 Å². The van der Waals surface area contributed by atoms with Gasteiger partial charge in [-0.15, -0.1) is 0 Å². The van der Waals surface area contributed by atoms with Gasteiger partial charge in [-0.05, 0) is 39.3 Å². The normalized spacial score (nSPS) is 19.8. The van der Waals surface area contributed by atoms with Crippen molar-refractivity contribution in [2.45, 2.75) is 32.7 Å². The second-order valence-electron chi connectivity index (χ2n) is 4.91. The van der Waals surface area contributed by atoms with Gasteiger partial charge in [-0.3, -0.25) is 9.48 Å². The number of anilines is 1. The lowest BCUT2D eigenvalue weighted by Crippen LogP contribution is -2.18. The number of carbonyl (C=O) groups excluding carboxylic acids is 1. The van der Waals surface area contributed by atoms with Gasteiger partial charge in [0.1, 0.15) is 0 Å². The maximum atomic E-state index is 11.8. The Morgan fingerprint density at radius 2 is 2.53 bits per heavy atom. The van der Waals surface area contributed by atoms with Crippen molar-refractivity contribution >= 4 is 11.6 Å². The monoisotopic (exact) mass is 236 g/mol. The molecule has 1 fully saturated rings. The van der Waals surface area contributed by atoms with E-state index in [1.165, 1.54) is 0 Å². The van der Waals surface area contributed by atoms with E-state index in [9.17, 15) is 4.79 Å². The standard InChI is InChI=1S/C12H20N4O/c1-9(2)16-8-11(7-14-16)15-12(17)5-10-3-4-13-6-10/h7-10,13H,3-6H2,1-2H3,(H,15,17). The van der Waals surface area contributed by atoms with Gasteiger partial charge in [0.2, 0.25) is 5.91 Å². The Morgan fingerprint density at radius 1 is 1.71 bits per heavy atom. The van der Waals surface area contributed by atoms with Gasteiger partial charge >= 0.3 is 0 Å². The molecule has 0 aliphatic carbocycles. The molecule has 5 heteroatoms. The summed E-state index contributed by atoms with van der Waals surface area (Å²) >= 11 is 0. The first-order valence-corrected chi connectivity index (χ1v) is 6.20. The minimum Gasteiger partial charge on any atom is -0.323 e. The Kier molecular flexibility index (Phi) is 3.78. The molecule has 1 aliphatic heterocycles. The third-order valence-corrected chi connectivity index (χ3v) is 3.05. The van der Waals surface area contributed by atoms with Gasteiger partial charge in [0.25, 0.3) is 0 Å². The molecule has 2 N–H and O–H groups in total. The summed E-state index contributed by atoms with van der Waals surface area (Å²) in [5.74, 6) is 0.567. The van der Waals surface area contributed by atoms with Gasteiger partial charge in [-0.1, -0.05) is 0 Å². The second kappa shape index (κ2) is 5.31. The topological polar surface area (TPSA) is 59.0 Å². The highest BCUT2D eigenvalue weighted by atomic mass is 16.1. The van der Waals surface area contributed by atoms with Gasteiger partial charge in [-0.2, -0.15) is 5.10 Å². The van der Waals surface area contributed by atoms with E-state index < -0.39 is 0 Å². The predicted molar refractivity (Wildman–Crippen MR) is 66.8 cm³/mol. The fourth-order valence-corrected chi connectivity index (χ4v) is 2.05. The first-order chi connectivity index (χ1) is 8.15. The third kappa shape index (κ3) is 3.30. The number of rotatable bonds is 4. The zero-order chi connectivity index (χ0) is 12.3. The van der Waals surface area contributed by atoms with Crippen LogP contribution in [0.5, 0.6) is 0 Å². The summed E-state index contributed by atoms with van der Waals surface area (Å²) in [4.78, 5) is 11.8. The van der Waals surface area contributed by atoms with Crippen molar-refractivity contribution in [1.29, 1.82) is 0 Å². The predicted octanol–water partition coefficient (Wildman–Crippen LogP) is 1.40. The fourth-order valence-electron chi connectivity index (χ4n) is 2.05. The highest BCUT2D eigenvalue weighted by Crippen LogP contribution is 2.15. The van der Waals surface area contributed by atoms with E-state index in [1.807, 2.05) is 10.9 Å². The zero-order valence-corrected chi connectivity index (χ0v) is 10.4. The Labute approximate surface area is 102 Å². The molecule has 1 amide bonds. The molecule has 1 aromatic heterocycles. The maximum absolute atomic E-state index is 11.8. The summed E-state index contributed by atoms with van der Waals surface area (Å²) in [7, 11) is 0. The Bertz CT molecular complexity index is 380. The summed E-state index contributed by atoms with van der Waals surface area (Å²) in [5.41, 5.74) is 0.787. The van der Waals surface area contributed by atoms with Crippen molar-refractivity contribution in [3.8, 4) is 0 Å². The van der Waals surface area contributed by atoms with Crippen LogP contribution in [0.15, 0.2) is 12.4 Å². The van der Waals surface area contributed by atoms with E-state index in [1.54, 1.807) is 6.20 Å². The SMILES string of the molecule is CC(C)n1cc(NC(=O)CC2CCNC2)cn1. The number of nitrogens with zero attached hydrogens (tertiary/aromatic N) is 2. The maximum Gasteiger partial charge on any atom is 0.224 e. The average Bonchev–Trinajstić information content (AvgIpc) is 2.88. The molecule has 0 spiro atoms. The van der Waals surface area contributed by atoms with Crippen molar-refractivity contribution in [3.05, 3.63) is 12.4 Å². The molecule has 1 saturated heterocycles. The molecular formula is C12H20N4O. The van der Waals surface area contributed by atoms with Crippen LogP contribution in [-0.4, -0.2) is 28.8 Å². The molecule has 17 heavy (non-hydrogen) atoms. The van der Waals surface area contributed by atoms with Crippen LogP contribution in [0, 0.1) is 5.92 Å². The van der Waals surface area contributed by atoms with Crippen LogP contribution in [-0.2, 0) is 4.79 Å². The molecule has 1 aliphatic rings. The minimum absolute atomic E-state index is 0.0852. The minimum atomic E-state index is 0.0852. The molecule has 5 nitrogen and oxygen atoms in total. The molecule has 1 atom stereocenters.